The van der Waals surface area contributed by atoms with Crippen LogP contribution in [0.25, 0.3) is 0 Å². The molecule has 0 aliphatic heterocycles. The maximum atomic E-state index is 8.71. The summed E-state index contributed by atoms with van der Waals surface area (Å²) >= 11 is 0. The smallest absolute Gasteiger partial charge is 0.101 e. The summed E-state index contributed by atoms with van der Waals surface area (Å²) in [6, 6.07) is 4.05. The van der Waals surface area contributed by atoms with Crippen LogP contribution in [-0.2, 0) is 6.54 Å². The van der Waals surface area contributed by atoms with Crippen molar-refractivity contribution in [1.29, 1.82) is 5.26 Å². The van der Waals surface area contributed by atoms with E-state index in [1.165, 1.54) is 0 Å². The lowest BCUT2D eigenvalue weighted by atomic mass is 9.99. The van der Waals surface area contributed by atoms with Gasteiger partial charge in [0.1, 0.15) is 5.54 Å². The maximum Gasteiger partial charge on any atom is 0.101 e. The molecular weight excluding hydrogens is 176 g/mol. The predicted molar refractivity (Wildman–Crippen MR) is 54.4 cm³/mol. The minimum absolute atomic E-state index is 0.697. The zero-order valence-electron chi connectivity index (χ0n) is 8.70. The zero-order chi connectivity index (χ0) is 10.6. The van der Waals surface area contributed by atoms with E-state index in [1.807, 2.05) is 17.7 Å². The number of aryl methyl sites for hydroxylation is 2. The van der Waals surface area contributed by atoms with E-state index in [1.54, 1.807) is 13.1 Å². The molecule has 1 heterocycles. The molecule has 0 amide bonds. The van der Waals surface area contributed by atoms with Crippen LogP contribution >= 0.6 is 0 Å². The molecule has 0 bridgehead atoms. The Kier molecular flexibility index (Phi) is 3.26. The number of hydrogen-bond donors (Lipinski definition) is 1. The molecule has 2 N–H and O–H groups in total. The van der Waals surface area contributed by atoms with Crippen molar-refractivity contribution in [2.75, 3.05) is 0 Å². The average Bonchev–Trinajstić information content (AvgIpc) is 2.52. The molecule has 0 aliphatic carbocycles. The normalized spacial score (nSPS) is 14.7. The first-order valence-corrected chi connectivity index (χ1v) is 4.74. The van der Waals surface area contributed by atoms with Gasteiger partial charge in [-0.05, 0) is 32.8 Å². The topological polar surface area (TPSA) is 67.6 Å². The van der Waals surface area contributed by atoms with Crippen molar-refractivity contribution in [2.24, 2.45) is 5.73 Å². The van der Waals surface area contributed by atoms with Crippen LogP contribution in [0.15, 0.2) is 12.3 Å². The van der Waals surface area contributed by atoms with Gasteiger partial charge in [-0.15, -0.1) is 0 Å². The van der Waals surface area contributed by atoms with Crippen molar-refractivity contribution in [3.8, 4) is 6.07 Å². The van der Waals surface area contributed by atoms with Gasteiger partial charge in [-0.3, -0.25) is 4.68 Å². The van der Waals surface area contributed by atoms with E-state index in [9.17, 15) is 0 Å². The molecule has 1 aromatic rings. The molecule has 76 valence electrons. The lowest BCUT2D eigenvalue weighted by molar-refractivity contribution is 0.467. The Morgan fingerprint density at radius 2 is 2.43 bits per heavy atom. The minimum Gasteiger partial charge on any atom is -0.314 e. The third-order valence-electron chi connectivity index (χ3n) is 2.25. The predicted octanol–water partition coefficient (Wildman–Crippen LogP) is 1.21. The van der Waals surface area contributed by atoms with E-state index in [2.05, 4.69) is 11.2 Å². The summed E-state index contributed by atoms with van der Waals surface area (Å²) in [6.45, 7) is 4.59. The van der Waals surface area contributed by atoms with Crippen LogP contribution in [0.2, 0.25) is 0 Å². The lowest BCUT2D eigenvalue weighted by Crippen LogP contribution is -2.34. The second kappa shape index (κ2) is 4.25. The Morgan fingerprint density at radius 3 is 2.93 bits per heavy atom. The average molecular weight is 192 g/mol. The fourth-order valence-corrected chi connectivity index (χ4v) is 1.28. The SMILES string of the molecule is Cc1ccnn1CCCC(C)(N)C#N. The number of nitrogens with two attached hydrogens (primary N) is 1. The monoisotopic (exact) mass is 192 g/mol. The van der Waals surface area contributed by atoms with Crippen LogP contribution < -0.4 is 5.73 Å². The molecule has 0 saturated carbocycles. The Hall–Kier alpha value is -1.34. The molecule has 0 spiro atoms. The molecule has 1 unspecified atom stereocenters. The summed E-state index contributed by atoms with van der Waals surface area (Å²) in [5.41, 5.74) is 6.13. The second-order valence-corrected chi connectivity index (χ2v) is 3.83. The summed E-state index contributed by atoms with van der Waals surface area (Å²) in [5.74, 6) is 0. The molecule has 0 aromatic carbocycles. The highest BCUT2D eigenvalue weighted by Gasteiger charge is 2.16. The summed E-state index contributed by atoms with van der Waals surface area (Å²) in [4.78, 5) is 0. The van der Waals surface area contributed by atoms with Gasteiger partial charge in [0.2, 0.25) is 0 Å². The largest absolute Gasteiger partial charge is 0.314 e. The van der Waals surface area contributed by atoms with E-state index in [4.69, 9.17) is 11.0 Å². The fourth-order valence-electron chi connectivity index (χ4n) is 1.28. The Morgan fingerprint density at radius 1 is 1.71 bits per heavy atom. The summed E-state index contributed by atoms with van der Waals surface area (Å²) in [6.07, 6.45) is 3.35. The van der Waals surface area contributed by atoms with Crippen LogP contribution in [0.3, 0.4) is 0 Å². The van der Waals surface area contributed by atoms with Gasteiger partial charge in [0, 0.05) is 18.4 Å². The molecule has 0 aliphatic rings. The first-order chi connectivity index (χ1) is 6.55. The minimum atomic E-state index is -0.707. The van der Waals surface area contributed by atoms with Gasteiger partial charge in [-0.2, -0.15) is 10.4 Å². The highest BCUT2D eigenvalue weighted by molar-refractivity contribution is 5.01. The van der Waals surface area contributed by atoms with Crippen LogP contribution in [0.5, 0.6) is 0 Å². The first-order valence-electron chi connectivity index (χ1n) is 4.74. The molecule has 0 fully saturated rings. The van der Waals surface area contributed by atoms with Crippen molar-refractivity contribution >= 4 is 0 Å². The van der Waals surface area contributed by atoms with Gasteiger partial charge in [-0.1, -0.05) is 0 Å². The first kappa shape index (κ1) is 10.7. The Labute approximate surface area is 84.3 Å². The third-order valence-corrected chi connectivity index (χ3v) is 2.25. The molecule has 1 aromatic heterocycles. The van der Waals surface area contributed by atoms with E-state index >= 15 is 0 Å². The van der Waals surface area contributed by atoms with Gasteiger partial charge >= 0.3 is 0 Å². The number of rotatable bonds is 4. The van der Waals surface area contributed by atoms with Crippen molar-refractivity contribution in [3.05, 3.63) is 18.0 Å². The van der Waals surface area contributed by atoms with Crippen molar-refractivity contribution in [1.82, 2.24) is 9.78 Å². The molecule has 1 atom stereocenters. The maximum absolute atomic E-state index is 8.71. The lowest BCUT2D eigenvalue weighted by Gasteiger charge is -2.14. The van der Waals surface area contributed by atoms with Crippen LogP contribution in [0, 0.1) is 18.3 Å². The third kappa shape index (κ3) is 2.86. The second-order valence-electron chi connectivity index (χ2n) is 3.83. The number of hydrogen-bond acceptors (Lipinski definition) is 3. The van der Waals surface area contributed by atoms with E-state index < -0.39 is 5.54 Å². The quantitative estimate of drug-likeness (QED) is 0.779. The van der Waals surface area contributed by atoms with E-state index in [0.717, 1.165) is 18.7 Å². The molecular formula is C10H16N4. The number of aromatic nitrogens is 2. The van der Waals surface area contributed by atoms with E-state index in [-0.39, 0.29) is 0 Å². The van der Waals surface area contributed by atoms with Gasteiger partial charge < -0.3 is 5.73 Å². The molecule has 0 radical (unpaired) electrons. The van der Waals surface area contributed by atoms with Gasteiger partial charge in [0.05, 0.1) is 6.07 Å². The number of nitriles is 1. The molecule has 14 heavy (non-hydrogen) atoms. The van der Waals surface area contributed by atoms with Gasteiger partial charge in [0.15, 0.2) is 0 Å². The van der Waals surface area contributed by atoms with Crippen LogP contribution in [-0.4, -0.2) is 15.3 Å². The summed E-state index contributed by atoms with van der Waals surface area (Å²) < 4.78 is 1.92. The Balaban J connectivity index is 2.37. The van der Waals surface area contributed by atoms with E-state index in [0.29, 0.717) is 6.42 Å². The highest BCUT2D eigenvalue weighted by atomic mass is 15.3. The van der Waals surface area contributed by atoms with Crippen molar-refractivity contribution < 1.29 is 0 Å². The van der Waals surface area contributed by atoms with Gasteiger partial charge in [0.25, 0.3) is 0 Å². The molecule has 4 nitrogen and oxygen atoms in total. The highest BCUT2D eigenvalue weighted by Crippen LogP contribution is 2.08. The number of nitrogens with zero attached hydrogens (tertiary/aromatic N) is 3. The standard InChI is InChI=1S/C10H16N4/c1-9-4-6-13-14(9)7-3-5-10(2,12)8-11/h4,6H,3,5,7,12H2,1-2H3. The van der Waals surface area contributed by atoms with Crippen molar-refractivity contribution in [2.45, 2.75) is 38.8 Å². The molecule has 4 heteroatoms. The molecule has 1 rings (SSSR count). The van der Waals surface area contributed by atoms with Crippen molar-refractivity contribution in [3.63, 3.8) is 0 Å². The van der Waals surface area contributed by atoms with Gasteiger partial charge in [-0.25, -0.2) is 0 Å². The molecule has 0 saturated heterocycles. The summed E-state index contributed by atoms with van der Waals surface area (Å²) in [5, 5.41) is 12.9. The zero-order valence-corrected chi connectivity index (χ0v) is 8.70. The Bertz CT molecular complexity index is 332. The van der Waals surface area contributed by atoms with Crippen LogP contribution in [0.4, 0.5) is 0 Å². The summed E-state index contributed by atoms with van der Waals surface area (Å²) in [7, 11) is 0. The van der Waals surface area contributed by atoms with Crippen LogP contribution in [0.1, 0.15) is 25.5 Å². The fraction of sp³-hybridized carbons (Fsp3) is 0.600.